The number of hydrogen-bond acceptors (Lipinski definition) is 8. The topological polar surface area (TPSA) is 97.8 Å². The molecule has 1 atom stereocenters. The van der Waals surface area contributed by atoms with E-state index in [-0.39, 0.29) is 33.9 Å². The molecule has 2 aliphatic heterocycles. The van der Waals surface area contributed by atoms with E-state index in [0.29, 0.717) is 31.4 Å². The third kappa shape index (κ3) is 6.09. The maximum atomic E-state index is 13.0. The molecule has 1 fully saturated rings. The average Bonchev–Trinajstić information content (AvgIpc) is 2.90. The Morgan fingerprint density at radius 3 is 2.79 bits per heavy atom. The van der Waals surface area contributed by atoms with E-state index in [4.69, 9.17) is 25.8 Å². The zero-order chi connectivity index (χ0) is 26.7. The summed E-state index contributed by atoms with van der Waals surface area (Å²) in [5.41, 5.74) is -0.752. The second kappa shape index (κ2) is 11.0. The lowest BCUT2D eigenvalue weighted by Gasteiger charge is -2.33. The molecule has 3 aromatic rings. The maximum Gasteiger partial charge on any atom is 0.416 e. The van der Waals surface area contributed by atoms with Crippen LogP contribution in [0.15, 0.2) is 48.8 Å². The van der Waals surface area contributed by atoms with E-state index < -0.39 is 17.6 Å². The predicted molar refractivity (Wildman–Crippen MR) is 133 cm³/mol. The summed E-state index contributed by atoms with van der Waals surface area (Å²) in [4.78, 5) is 23.5. The van der Waals surface area contributed by atoms with E-state index >= 15 is 0 Å². The second-order valence-electron chi connectivity index (χ2n) is 8.70. The van der Waals surface area contributed by atoms with E-state index in [9.17, 15) is 18.0 Å². The van der Waals surface area contributed by atoms with Crippen LogP contribution in [0.5, 0.6) is 17.4 Å². The van der Waals surface area contributed by atoms with Gasteiger partial charge in [0.1, 0.15) is 18.7 Å². The molecule has 0 spiro atoms. The Kier molecular flexibility index (Phi) is 7.54. The number of morpholine rings is 1. The number of aromatic nitrogens is 2. The number of halogens is 4. The van der Waals surface area contributed by atoms with Crippen LogP contribution in [0.4, 0.5) is 24.7 Å². The van der Waals surface area contributed by atoms with Crippen LogP contribution >= 0.6 is 11.6 Å². The number of anilines is 2. The van der Waals surface area contributed by atoms with Crippen LogP contribution in [0.1, 0.15) is 15.9 Å². The molecule has 200 valence electrons. The van der Waals surface area contributed by atoms with Crippen LogP contribution < -0.4 is 20.1 Å². The molecule has 9 nitrogen and oxygen atoms in total. The summed E-state index contributed by atoms with van der Waals surface area (Å²) >= 11 is 6.30. The van der Waals surface area contributed by atoms with Gasteiger partial charge in [-0.15, -0.1) is 0 Å². The minimum Gasteiger partial charge on any atom is -0.483 e. The van der Waals surface area contributed by atoms with Gasteiger partial charge in [0.2, 0.25) is 5.75 Å². The van der Waals surface area contributed by atoms with Gasteiger partial charge in [0.05, 0.1) is 29.8 Å². The summed E-state index contributed by atoms with van der Waals surface area (Å²) in [7, 11) is 0. The standard InChI is InChI=1S/C25H23ClF3N5O4/c26-19-5-4-15(23(35)33-17-3-1-2-16(11-17)25(27,28)29)10-20(19)38-24-21-22(30-14-31-24)32-18(13-37-21)12-34-6-8-36-9-7-34/h1-5,10-11,14,18H,6-9,12-13H2,(H,33,35)(H,30,31,32). The van der Waals surface area contributed by atoms with Gasteiger partial charge in [-0.25, -0.2) is 4.98 Å². The molecule has 5 rings (SSSR count). The van der Waals surface area contributed by atoms with Crippen molar-refractivity contribution in [2.45, 2.75) is 12.2 Å². The van der Waals surface area contributed by atoms with Crippen molar-refractivity contribution in [1.29, 1.82) is 0 Å². The van der Waals surface area contributed by atoms with E-state index in [1.165, 1.54) is 36.7 Å². The van der Waals surface area contributed by atoms with Gasteiger partial charge >= 0.3 is 6.18 Å². The Labute approximate surface area is 220 Å². The van der Waals surface area contributed by atoms with Crippen molar-refractivity contribution in [3.05, 3.63) is 64.9 Å². The van der Waals surface area contributed by atoms with Crippen molar-refractivity contribution < 1.29 is 32.2 Å². The fraction of sp³-hybridized carbons (Fsp3) is 0.320. The summed E-state index contributed by atoms with van der Waals surface area (Å²) in [6, 6.07) is 8.62. The molecule has 1 amide bonds. The van der Waals surface area contributed by atoms with E-state index in [2.05, 4.69) is 25.5 Å². The Hall–Kier alpha value is -3.61. The molecule has 2 N–H and O–H groups in total. The molecule has 1 unspecified atom stereocenters. The quantitative estimate of drug-likeness (QED) is 0.457. The first kappa shape index (κ1) is 26.0. The third-order valence-electron chi connectivity index (χ3n) is 5.97. The summed E-state index contributed by atoms with van der Waals surface area (Å²) in [6.45, 7) is 4.21. The first-order valence-corrected chi connectivity index (χ1v) is 12.1. The fourth-order valence-corrected chi connectivity index (χ4v) is 4.24. The van der Waals surface area contributed by atoms with Crippen LogP contribution in [0.2, 0.25) is 5.02 Å². The predicted octanol–water partition coefficient (Wildman–Crippen LogP) is 4.70. The van der Waals surface area contributed by atoms with Crippen molar-refractivity contribution in [1.82, 2.24) is 14.9 Å². The number of nitrogens with zero attached hydrogens (tertiary/aromatic N) is 3. The van der Waals surface area contributed by atoms with Gasteiger partial charge in [-0.3, -0.25) is 9.69 Å². The van der Waals surface area contributed by atoms with E-state index in [1.807, 2.05) is 0 Å². The Bertz CT molecular complexity index is 1320. The molecule has 0 aliphatic carbocycles. The number of amides is 1. The van der Waals surface area contributed by atoms with Crippen LogP contribution in [-0.4, -0.2) is 66.3 Å². The number of carbonyl (C=O) groups is 1. The molecule has 3 heterocycles. The normalized spacial score (nSPS) is 17.6. The van der Waals surface area contributed by atoms with Gasteiger partial charge in [0.25, 0.3) is 11.8 Å². The van der Waals surface area contributed by atoms with Crippen molar-refractivity contribution in [2.75, 3.05) is 50.1 Å². The maximum absolute atomic E-state index is 13.0. The molecule has 1 saturated heterocycles. The van der Waals surface area contributed by atoms with Crippen molar-refractivity contribution in [3.8, 4) is 17.4 Å². The molecule has 0 radical (unpaired) electrons. The SMILES string of the molecule is O=C(Nc1cccc(C(F)(F)F)c1)c1ccc(Cl)c(Oc2ncnc3c2OCC(CN2CCOCC2)N3)c1. The number of carbonyl (C=O) groups excluding carboxylic acids is 1. The van der Waals surface area contributed by atoms with Crippen molar-refractivity contribution >= 4 is 29.0 Å². The number of benzene rings is 2. The first-order chi connectivity index (χ1) is 18.3. The number of rotatable bonds is 6. The van der Waals surface area contributed by atoms with Gasteiger partial charge in [-0.1, -0.05) is 17.7 Å². The summed E-state index contributed by atoms with van der Waals surface area (Å²) < 4.78 is 56.2. The Balaban J connectivity index is 1.29. The lowest BCUT2D eigenvalue weighted by atomic mass is 10.1. The van der Waals surface area contributed by atoms with Crippen LogP contribution in [-0.2, 0) is 10.9 Å². The molecule has 1 aromatic heterocycles. The molecular weight excluding hydrogens is 527 g/mol. The van der Waals surface area contributed by atoms with Crippen LogP contribution in [0, 0.1) is 0 Å². The summed E-state index contributed by atoms with van der Waals surface area (Å²) in [5, 5.41) is 6.00. The zero-order valence-electron chi connectivity index (χ0n) is 19.9. The summed E-state index contributed by atoms with van der Waals surface area (Å²) in [5.74, 6) is 0.349. The number of alkyl halides is 3. The van der Waals surface area contributed by atoms with Gasteiger partial charge in [-0.2, -0.15) is 18.2 Å². The minimum atomic E-state index is -4.53. The highest BCUT2D eigenvalue weighted by atomic mass is 35.5. The Morgan fingerprint density at radius 2 is 2.00 bits per heavy atom. The van der Waals surface area contributed by atoms with Crippen molar-refractivity contribution in [3.63, 3.8) is 0 Å². The highest BCUT2D eigenvalue weighted by Crippen LogP contribution is 2.39. The minimum absolute atomic E-state index is 0.00165. The molecule has 2 aromatic carbocycles. The first-order valence-electron chi connectivity index (χ1n) is 11.8. The summed E-state index contributed by atoms with van der Waals surface area (Å²) in [6.07, 6.45) is -3.21. The van der Waals surface area contributed by atoms with Gasteiger partial charge in [0, 0.05) is 30.9 Å². The highest BCUT2D eigenvalue weighted by Gasteiger charge is 2.31. The molecule has 0 saturated carbocycles. The molecular formula is C25H23ClF3N5O4. The van der Waals surface area contributed by atoms with Gasteiger partial charge in [0.15, 0.2) is 5.82 Å². The molecule has 2 aliphatic rings. The average molecular weight is 550 g/mol. The van der Waals surface area contributed by atoms with E-state index in [1.54, 1.807) is 0 Å². The third-order valence-corrected chi connectivity index (χ3v) is 6.28. The molecule has 38 heavy (non-hydrogen) atoms. The highest BCUT2D eigenvalue weighted by molar-refractivity contribution is 6.32. The number of nitrogens with one attached hydrogen (secondary N) is 2. The van der Waals surface area contributed by atoms with Crippen LogP contribution in [0.3, 0.4) is 0 Å². The fourth-order valence-electron chi connectivity index (χ4n) is 4.08. The van der Waals surface area contributed by atoms with Crippen molar-refractivity contribution in [2.24, 2.45) is 0 Å². The smallest absolute Gasteiger partial charge is 0.416 e. The number of ether oxygens (including phenoxy) is 3. The van der Waals surface area contributed by atoms with E-state index in [0.717, 1.165) is 31.8 Å². The van der Waals surface area contributed by atoms with Gasteiger partial charge in [-0.05, 0) is 36.4 Å². The monoisotopic (exact) mass is 549 g/mol. The lowest BCUT2D eigenvalue weighted by molar-refractivity contribution is -0.137. The molecule has 0 bridgehead atoms. The second-order valence-corrected chi connectivity index (χ2v) is 9.11. The number of fused-ring (bicyclic) bond motifs is 1. The zero-order valence-corrected chi connectivity index (χ0v) is 20.7. The largest absolute Gasteiger partial charge is 0.483 e. The van der Waals surface area contributed by atoms with Crippen LogP contribution in [0.25, 0.3) is 0 Å². The number of hydrogen-bond donors (Lipinski definition) is 2. The Morgan fingerprint density at radius 1 is 1.18 bits per heavy atom. The molecule has 13 heteroatoms. The van der Waals surface area contributed by atoms with Gasteiger partial charge < -0.3 is 24.8 Å². The lowest BCUT2D eigenvalue weighted by Crippen LogP contribution is -2.46.